The van der Waals surface area contributed by atoms with Gasteiger partial charge >= 0.3 is 6.03 Å². The summed E-state index contributed by atoms with van der Waals surface area (Å²) in [5.74, 6) is -0.00812. The summed E-state index contributed by atoms with van der Waals surface area (Å²) in [6.07, 6.45) is 5.10. The van der Waals surface area contributed by atoms with E-state index in [1.807, 2.05) is 19.2 Å². The van der Waals surface area contributed by atoms with Crippen LogP contribution in [0.25, 0.3) is 0 Å². The molecule has 1 unspecified atom stereocenters. The Morgan fingerprint density at radius 3 is 2.45 bits per heavy atom. The third-order valence-corrected chi connectivity index (χ3v) is 8.79. The second-order valence-electron chi connectivity index (χ2n) is 11.9. The molecule has 1 aliphatic carbocycles. The van der Waals surface area contributed by atoms with Gasteiger partial charge in [0.2, 0.25) is 5.91 Å². The maximum absolute atomic E-state index is 13.3. The highest BCUT2D eigenvalue weighted by atomic mass is 32.1. The zero-order valence-electron chi connectivity index (χ0n) is 24.7. The molecular formula is C30H42FN5O3S. The van der Waals surface area contributed by atoms with Gasteiger partial charge in [-0.15, -0.1) is 0 Å². The van der Waals surface area contributed by atoms with Gasteiger partial charge in [-0.05, 0) is 68.7 Å². The van der Waals surface area contributed by atoms with Gasteiger partial charge in [0, 0.05) is 52.2 Å². The number of halogens is 1. The monoisotopic (exact) mass is 571 g/mol. The molecule has 10 heteroatoms. The van der Waals surface area contributed by atoms with Crippen molar-refractivity contribution in [2.75, 3.05) is 32.5 Å². The largest absolute Gasteiger partial charge is 0.346 e. The molecule has 0 saturated heterocycles. The van der Waals surface area contributed by atoms with Crippen molar-refractivity contribution in [3.63, 3.8) is 0 Å². The van der Waals surface area contributed by atoms with Crippen molar-refractivity contribution in [1.29, 1.82) is 0 Å². The molecule has 1 aromatic heterocycles. The van der Waals surface area contributed by atoms with E-state index in [0.29, 0.717) is 15.7 Å². The van der Waals surface area contributed by atoms with Gasteiger partial charge in [-0.2, -0.15) is 0 Å². The molecule has 3 atom stereocenters. The van der Waals surface area contributed by atoms with Gasteiger partial charge in [0.05, 0.1) is 10.6 Å². The van der Waals surface area contributed by atoms with E-state index in [0.717, 1.165) is 55.7 Å². The number of hydrogen-bond acceptors (Lipinski definition) is 6. The summed E-state index contributed by atoms with van der Waals surface area (Å²) < 4.78 is 13.3. The Kier molecular flexibility index (Phi) is 10.7. The summed E-state index contributed by atoms with van der Waals surface area (Å²) in [7, 11) is 3.94. The van der Waals surface area contributed by atoms with Crippen molar-refractivity contribution in [1.82, 2.24) is 14.8 Å². The van der Waals surface area contributed by atoms with E-state index in [4.69, 9.17) is 0 Å². The first kappa shape index (κ1) is 31.5. The number of aromatic nitrogens is 1. The van der Waals surface area contributed by atoms with E-state index >= 15 is 0 Å². The first-order chi connectivity index (χ1) is 18.7. The number of aryl methyl sites for hydroxylation is 1. The van der Waals surface area contributed by atoms with E-state index in [-0.39, 0.29) is 40.8 Å². The first-order valence-electron chi connectivity index (χ1n) is 13.7. The van der Waals surface area contributed by atoms with E-state index in [1.165, 1.54) is 19.1 Å². The number of benzene rings is 1. The van der Waals surface area contributed by atoms with Crippen LogP contribution in [0.3, 0.4) is 0 Å². The van der Waals surface area contributed by atoms with Gasteiger partial charge in [0.1, 0.15) is 5.82 Å². The first-order valence-corrected chi connectivity index (χ1v) is 14.6. The molecule has 1 N–H and O–H groups in total. The highest BCUT2D eigenvalue weighted by molar-refractivity contribution is 7.17. The summed E-state index contributed by atoms with van der Waals surface area (Å²) in [4.78, 5) is 49.5. The van der Waals surface area contributed by atoms with Gasteiger partial charge < -0.3 is 9.80 Å². The van der Waals surface area contributed by atoms with Gasteiger partial charge in [0.25, 0.3) is 0 Å². The number of rotatable bonds is 10. The molecule has 1 aliphatic rings. The molecule has 1 fully saturated rings. The zero-order chi connectivity index (χ0) is 29.6. The van der Waals surface area contributed by atoms with Crippen molar-refractivity contribution < 1.29 is 18.8 Å². The van der Waals surface area contributed by atoms with Crippen molar-refractivity contribution in [3.05, 3.63) is 46.2 Å². The van der Waals surface area contributed by atoms with E-state index in [9.17, 15) is 18.8 Å². The predicted molar refractivity (Wildman–Crippen MR) is 159 cm³/mol. The summed E-state index contributed by atoms with van der Waals surface area (Å²) in [5, 5.41) is 3.03. The number of carbonyl (C=O) groups excluding carboxylic acids is 3. The van der Waals surface area contributed by atoms with Crippen LogP contribution in [0.2, 0.25) is 0 Å². The molecule has 0 radical (unpaired) electrons. The third kappa shape index (κ3) is 9.02. The third-order valence-electron chi connectivity index (χ3n) is 7.62. The maximum Gasteiger partial charge on any atom is 0.346 e. The van der Waals surface area contributed by atoms with Crippen LogP contribution in [0.5, 0.6) is 0 Å². The molecule has 1 saturated carbocycles. The van der Waals surface area contributed by atoms with Crippen molar-refractivity contribution in [3.8, 4) is 0 Å². The molecule has 3 rings (SSSR count). The number of ketones is 1. The SMILES string of the molecule is CC(=O)c1sc(NC(=O)/N=C/C2C[C@@H](N(C)C(C)=O)CC[C@H]2CN(C)CC(C)(C)Cc2ccc(F)cc2)nc1C. The molecule has 2 aromatic rings. The number of Topliss-reactive ketones (excluding diaryl/α,β-unsaturated/α-hetero) is 1. The lowest BCUT2D eigenvalue weighted by molar-refractivity contribution is -0.130. The summed E-state index contributed by atoms with van der Waals surface area (Å²) in [5.41, 5.74) is 1.67. The summed E-state index contributed by atoms with van der Waals surface area (Å²) in [6.45, 7) is 10.9. The average Bonchev–Trinajstić information content (AvgIpc) is 3.23. The van der Waals surface area contributed by atoms with Crippen LogP contribution in [-0.2, 0) is 11.2 Å². The fourth-order valence-corrected chi connectivity index (χ4v) is 6.58. The Hall–Kier alpha value is -2.98. The van der Waals surface area contributed by atoms with Crippen molar-refractivity contribution in [2.24, 2.45) is 22.2 Å². The minimum atomic E-state index is -0.529. The molecule has 1 heterocycles. The van der Waals surface area contributed by atoms with Crippen LogP contribution in [0, 0.1) is 30.0 Å². The molecule has 3 amide bonds. The topological polar surface area (TPSA) is 95.0 Å². The molecule has 0 bridgehead atoms. The molecule has 40 heavy (non-hydrogen) atoms. The second kappa shape index (κ2) is 13.6. The molecule has 1 aromatic carbocycles. The Labute approximate surface area is 241 Å². The Morgan fingerprint density at radius 2 is 1.85 bits per heavy atom. The normalized spacial score (nSPS) is 19.7. The number of thiazole rings is 1. The number of nitrogens with zero attached hydrogens (tertiary/aromatic N) is 4. The molecule has 8 nitrogen and oxygen atoms in total. The van der Waals surface area contributed by atoms with Gasteiger partial charge in [-0.1, -0.05) is 37.3 Å². The maximum atomic E-state index is 13.3. The number of anilines is 1. The minimum absolute atomic E-state index is 0.0137. The van der Waals surface area contributed by atoms with Crippen LogP contribution >= 0.6 is 11.3 Å². The lowest BCUT2D eigenvalue weighted by atomic mass is 9.76. The smallest absolute Gasteiger partial charge is 0.343 e. The number of nitrogens with one attached hydrogen (secondary N) is 1. The van der Waals surface area contributed by atoms with Gasteiger partial charge in [-0.25, -0.2) is 19.2 Å². The number of aliphatic imine (C=N–C) groups is 1. The predicted octanol–water partition coefficient (Wildman–Crippen LogP) is 5.86. The van der Waals surface area contributed by atoms with Crippen LogP contribution in [0.15, 0.2) is 29.3 Å². The average molecular weight is 572 g/mol. The van der Waals surface area contributed by atoms with E-state index in [2.05, 4.69) is 41.1 Å². The van der Waals surface area contributed by atoms with Crippen molar-refractivity contribution in [2.45, 2.75) is 66.3 Å². The standard InChI is InChI=1S/C30H42FN5O3S/c1-19-27(20(2)37)40-29(33-19)34-28(39)32-16-24-14-26(36(7)21(3)38)13-10-23(24)17-35(6)18-30(4,5)15-22-8-11-25(31)12-9-22/h8-9,11-12,16,23-24,26H,10,13-15,17-18H2,1-7H3,(H,33,34,39)/b32-16+/t23-,24?,26-/m0/s1. The summed E-state index contributed by atoms with van der Waals surface area (Å²) in [6, 6.07) is 6.25. The fraction of sp³-hybridized carbons (Fsp3) is 0.567. The van der Waals surface area contributed by atoms with Gasteiger partial charge in [0.15, 0.2) is 10.9 Å². The zero-order valence-corrected chi connectivity index (χ0v) is 25.5. The van der Waals surface area contributed by atoms with Gasteiger partial charge in [-0.3, -0.25) is 14.9 Å². The summed E-state index contributed by atoms with van der Waals surface area (Å²) >= 11 is 1.14. The lowest BCUT2D eigenvalue weighted by Crippen LogP contribution is -2.45. The quantitative estimate of drug-likeness (QED) is 0.285. The molecule has 0 spiro atoms. The van der Waals surface area contributed by atoms with Crippen LogP contribution in [0.1, 0.15) is 67.9 Å². The number of urea groups is 1. The Morgan fingerprint density at radius 1 is 1.18 bits per heavy atom. The highest BCUT2D eigenvalue weighted by Crippen LogP contribution is 2.33. The van der Waals surface area contributed by atoms with E-state index < -0.39 is 6.03 Å². The molecule has 218 valence electrons. The Bertz CT molecular complexity index is 1230. The van der Waals surface area contributed by atoms with Crippen molar-refractivity contribution >= 4 is 40.4 Å². The fourth-order valence-electron chi connectivity index (χ4n) is 5.73. The number of hydrogen-bond donors (Lipinski definition) is 1. The molecular weight excluding hydrogens is 529 g/mol. The van der Waals surface area contributed by atoms with Crippen LogP contribution in [0.4, 0.5) is 14.3 Å². The van der Waals surface area contributed by atoms with Crippen LogP contribution < -0.4 is 5.32 Å². The molecule has 0 aliphatic heterocycles. The number of amides is 3. The van der Waals surface area contributed by atoms with Crippen LogP contribution in [-0.4, -0.2) is 71.9 Å². The minimum Gasteiger partial charge on any atom is -0.343 e. The number of carbonyl (C=O) groups is 3. The second-order valence-corrected chi connectivity index (χ2v) is 12.9. The lowest BCUT2D eigenvalue weighted by Gasteiger charge is -2.40. The van der Waals surface area contributed by atoms with E-state index in [1.54, 1.807) is 25.0 Å². The Balaban J connectivity index is 1.67. The highest BCUT2D eigenvalue weighted by Gasteiger charge is 2.34.